The summed E-state index contributed by atoms with van der Waals surface area (Å²) in [5.74, 6) is 0.598. The molecule has 0 amide bonds. The third kappa shape index (κ3) is 3.10. The first-order valence-corrected chi connectivity index (χ1v) is 9.08. The Bertz CT molecular complexity index is 897. The van der Waals surface area contributed by atoms with Gasteiger partial charge in [0.25, 0.3) is 5.72 Å². The van der Waals surface area contributed by atoms with Crippen molar-refractivity contribution >= 4 is 23.2 Å². The number of rotatable bonds is 2. The van der Waals surface area contributed by atoms with Gasteiger partial charge < -0.3 is 9.57 Å². The zero-order valence-corrected chi connectivity index (χ0v) is 15.9. The maximum absolute atomic E-state index is 6.27. The molecule has 2 aliphatic heterocycles. The number of aliphatic imine (C=N–C) groups is 1. The van der Waals surface area contributed by atoms with Crippen LogP contribution in [0.15, 0.2) is 58.7 Å². The molecule has 0 fully saturated rings. The molecule has 4 nitrogen and oxygen atoms in total. The monoisotopic (exact) mass is 368 g/mol. The summed E-state index contributed by atoms with van der Waals surface area (Å²) in [5.41, 5.74) is 3.23. The van der Waals surface area contributed by atoms with Crippen LogP contribution in [0.2, 0.25) is 5.02 Å². The van der Waals surface area contributed by atoms with Crippen molar-refractivity contribution in [2.24, 2.45) is 10.1 Å². The lowest BCUT2D eigenvalue weighted by Crippen LogP contribution is -2.28. The first-order chi connectivity index (χ1) is 12.4. The van der Waals surface area contributed by atoms with E-state index in [2.05, 4.69) is 38.1 Å². The second-order valence-electron chi connectivity index (χ2n) is 7.77. The van der Waals surface area contributed by atoms with E-state index in [0.29, 0.717) is 23.9 Å². The Balaban J connectivity index is 1.55. The van der Waals surface area contributed by atoms with Gasteiger partial charge in [0.05, 0.1) is 12.1 Å². The van der Waals surface area contributed by atoms with Crippen molar-refractivity contribution in [1.82, 2.24) is 0 Å². The van der Waals surface area contributed by atoms with Gasteiger partial charge in [0.1, 0.15) is 0 Å². The third-order valence-electron chi connectivity index (χ3n) is 4.69. The van der Waals surface area contributed by atoms with E-state index in [-0.39, 0.29) is 5.41 Å². The van der Waals surface area contributed by atoms with E-state index >= 15 is 0 Å². The minimum atomic E-state index is -0.785. The topological polar surface area (TPSA) is 43.2 Å². The molecule has 2 aromatic carbocycles. The van der Waals surface area contributed by atoms with Gasteiger partial charge in [-0.15, -0.1) is 0 Å². The maximum atomic E-state index is 6.27. The van der Waals surface area contributed by atoms with Crippen molar-refractivity contribution in [3.05, 3.63) is 70.2 Å². The molecular weight excluding hydrogens is 348 g/mol. The van der Waals surface area contributed by atoms with Crippen LogP contribution in [-0.2, 0) is 15.0 Å². The van der Waals surface area contributed by atoms with Crippen LogP contribution in [0.25, 0.3) is 0 Å². The average molecular weight is 369 g/mol. The molecule has 26 heavy (non-hydrogen) atoms. The first kappa shape index (κ1) is 17.1. The van der Waals surface area contributed by atoms with E-state index < -0.39 is 5.72 Å². The van der Waals surface area contributed by atoms with Crippen LogP contribution in [0.3, 0.4) is 0 Å². The summed E-state index contributed by atoms with van der Waals surface area (Å²) >= 11 is 6.27. The molecule has 0 radical (unpaired) electrons. The Kier molecular flexibility index (Phi) is 4.03. The summed E-state index contributed by atoms with van der Waals surface area (Å²) in [5, 5.41) is 4.88. The Morgan fingerprint density at radius 3 is 2.46 bits per heavy atom. The lowest BCUT2D eigenvalue weighted by atomic mass is 9.87. The van der Waals surface area contributed by atoms with Crippen molar-refractivity contribution < 1.29 is 9.57 Å². The predicted octanol–water partition coefficient (Wildman–Crippen LogP) is 4.94. The highest BCUT2D eigenvalue weighted by Gasteiger charge is 2.45. The molecule has 0 saturated heterocycles. The molecule has 2 heterocycles. The number of benzene rings is 2. The van der Waals surface area contributed by atoms with Crippen LogP contribution in [0, 0.1) is 0 Å². The number of oxime groups is 1. The molecule has 5 heteroatoms. The second kappa shape index (κ2) is 6.13. The fourth-order valence-corrected chi connectivity index (χ4v) is 3.38. The van der Waals surface area contributed by atoms with Gasteiger partial charge in [-0.1, -0.05) is 67.9 Å². The van der Waals surface area contributed by atoms with Gasteiger partial charge in [0.2, 0.25) is 5.90 Å². The smallest absolute Gasteiger partial charge is 0.269 e. The Morgan fingerprint density at radius 2 is 1.77 bits per heavy atom. The second-order valence-corrected chi connectivity index (χ2v) is 8.17. The van der Waals surface area contributed by atoms with E-state index in [0.717, 1.165) is 16.8 Å². The lowest BCUT2D eigenvalue weighted by Gasteiger charge is -2.19. The van der Waals surface area contributed by atoms with E-state index in [4.69, 9.17) is 26.2 Å². The standard InChI is InChI=1S/C21H21ClN2O2/c1-20(2,3)15-10-8-14(9-11-15)19-23-21(13-25-19)12-18(24-26-21)16-6-4-5-7-17(16)22/h4-11H,12-13H2,1-3H3. The van der Waals surface area contributed by atoms with Crippen molar-refractivity contribution in [1.29, 1.82) is 0 Å². The number of hydrogen-bond donors (Lipinski definition) is 0. The van der Waals surface area contributed by atoms with E-state index in [1.54, 1.807) is 0 Å². The van der Waals surface area contributed by atoms with Gasteiger partial charge in [0, 0.05) is 16.1 Å². The molecule has 0 saturated carbocycles. The van der Waals surface area contributed by atoms with Gasteiger partial charge in [-0.2, -0.15) is 4.99 Å². The summed E-state index contributed by atoms with van der Waals surface area (Å²) < 4.78 is 5.84. The summed E-state index contributed by atoms with van der Waals surface area (Å²) in [6.07, 6.45) is 0.542. The largest absolute Gasteiger partial charge is 0.471 e. The SMILES string of the molecule is CC(C)(C)c1ccc(C2=NC3(CO2)CC(c2ccccc2Cl)=NO3)cc1. The molecule has 2 aromatic rings. The minimum absolute atomic E-state index is 0.115. The van der Waals surface area contributed by atoms with Gasteiger partial charge in [0.15, 0.2) is 6.61 Å². The van der Waals surface area contributed by atoms with Crippen molar-refractivity contribution in [3.63, 3.8) is 0 Å². The van der Waals surface area contributed by atoms with Crippen molar-refractivity contribution in [2.75, 3.05) is 6.61 Å². The Labute approximate surface area is 158 Å². The lowest BCUT2D eigenvalue weighted by molar-refractivity contribution is -0.0277. The zero-order chi connectivity index (χ0) is 18.4. The first-order valence-electron chi connectivity index (χ1n) is 8.70. The maximum Gasteiger partial charge on any atom is 0.269 e. The molecule has 0 N–H and O–H groups in total. The summed E-state index contributed by atoms with van der Waals surface area (Å²) in [7, 11) is 0. The molecule has 134 valence electrons. The zero-order valence-electron chi connectivity index (χ0n) is 15.1. The van der Waals surface area contributed by atoms with Crippen molar-refractivity contribution in [2.45, 2.75) is 38.3 Å². The number of halogens is 1. The normalized spacial score (nSPS) is 22.0. The highest BCUT2D eigenvalue weighted by atomic mass is 35.5. The van der Waals surface area contributed by atoms with E-state index in [1.807, 2.05) is 36.4 Å². The summed E-state index contributed by atoms with van der Waals surface area (Å²) in [6, 6.07) is 15.9. The summed E-state index contributed by atoms with van der Waals surface area (Å²) in [6.45, 7) is 6.93. The highest BCUT2D eigenvalue weighted by Crippen LogP contribution is 2.35. The molecule has 1 unspecified atom stereocenters. The number of nitrogens with zero attached hydrogens (tertiary/aromatic N) is 2. The minimum Gasteiger partial charge on any atom is -0.471 e. The quantitative estimate of drug-likeness (QED) is 0.753. The van der Waals surface area contributed by atoms with Crippen LogP contribution in [-0.4, -0.2) is 23.9 Å². The van der Waals surface area contributed by atoms with Gasteiger partial charge in [-0.3, -0.25) is 0 Å². The molecule has 0 bridgehead atoms. The van der Waals surface area contributed by atoms with Gasteiger partial charge >= 0.3 is 0 Å². The molecule has 0 aromatic heterocycles. The summed E-state index contributed by atoms with van der Waals surface area (Å²) in [4.78, 5) is 10.4. The molecule has 4 rings (SSSR count). The Morgan fingerprint density at radius 1 is 1.04 bits per heavy atom. The molecular formula is C21H21ClN2O2. The predicted molar refractivity (Wildman–Crippen MR) is 104 cm³/mol. The van der Waals surface area contributed by atoms with Crippen molar-refractivity contribution in [3.8, 4) is 0 Å². The molecule has 1 atom stereocenters. The fourth-order valence-electron chi connectivity index (χ4n) is 3.13. The number of hydrogen-bond acceptors (Lipinski definition) is 4. The fraction of sp³-hybridized carbons (Fsp3) is 0.333. The molecule has 0 aliphatic carbocycles. The average Bonchev–Trinajstić information content (AvgIpc) is 3.22. The number of ether oxygens (including phenoxy) is 1. The van der Waals surface area contributed by atoms with Gasteiger partial charge in [-0.25, -0.2) is 0 Å². The Hall–Kier alpha value is -2.33. The molecule has 2 aliphatic rings. The van der Waals surface area contributed by atoms with Crippen LogP contribution < -0.4 is 0 Å². The third-order valence-corrected chi connectivity index (χ3v) is 5.02. The highest BCUT2D eigenvalue weighted by molar-refractivity contribution is 6.34. The molecule has 1 spiro atoms. The van der Waals surface area contributed by atoms with Crippen LogP contribution in [0.4, 0.5) is 0 Å². The van der Waals surface area contributed by atoms with Gasteiger partial charge in [-0.05, 0) is 29.2 Å². The van der Waals surface area contributed by atoms with E-state index in [1.165, 1.54) is 5.56 Å². The van der Waals surface area contributed by atoms with Crippen LogP contribution >= 0.6 is 11.6 Å². The van der Waals surface area contributed by atoms with E-state index in [9.17, 15) is 0 Å². The van der Waals surface area contributed by atoms with Crippen LogP contribution in [0.5, 0.6) is 0 Å². The van der Waals surface area contributed by atoms with Crippen LogP contribution in [0.1, 0.15) is 43.9 Å².